The summed E-state index contributed by atoms with van der Waals surface area (Å²) in [5.41, 5.74) is -0.152. The number of halogens is 1. The van der Waals surface area contributed by atoms with Crippen LogP contribution in [0.4, 0.5) is 9.18 Å². The summed E-state index contributed by atoms with van der Waals surface area (Å²) in [7, 11) is 5.21. The maximum atomic E-state index is 13.9. The summed E-state index contributed by atoms with van der Waals surface area (Å²) in [5, 5.41) is 0. The van der Waals surface area contributed by atoms with Crippen LogP contribution in [-0.4, -0.2) is 109 Å². The van der Waals surface area contributed by atoms with E-state index in [1.54, 1.807) is 26.0 Å². The third kappa shape index (κ3) is 5.26. The Kier molecular flexibility index (Phi) is 7.60. The van der Waals surface area contributed by atoms with Gasteiger partial charge in [0.15, 0.2) is 11.5 Å². The molecule has 166 valence electrons. The van der Waals surface area contributed by atoms with E-state index in [1.807, 2.05) is 4.90 Å². The van der Waals surface area contributed by atoms with E-state index in [2.05, 4.69) is 9.88 Å². The number of likely N-dealkylation sites (N-methyl/N-ethyl adjacent to an activating group) is 1. The fourth-order valence-electron chi connectivity index (χ4n) is 4.24. The lowest BCUT2D eigenvalue weighted by Crippen LogP contribution is -2.50. The van der Waals surface area contributed by atoms with Gasteiger partial charge in [0, 0.05) is 78.8 Å². The predicted molar refractivity (Wildman–Crippen MR) is 111 cm³/mol. The fourth-order valence-corrected chi connectivity index (χ4v) is 4.24. The van der Waals surface area contributed by atoms with Gasteiger partial charge in [-0.3, -0.25) is 9.69 Å². The lowest BCUT2D eigenvalue weighted by Gasteiger charge is -2.39. The van der Waals surface area contributed by atoms with Crippen LogP contribution in [0.1, 0.15) is 29.8 Å². The molecule has 1 aromatic rings. The molecule has 1 unspecified atom stereocenters. The lowest BCUT2D eigenvalue weighted by atomic mass is 10.0. The van der Waals surface area contributed by atoms with Gasteiger partial charge in [0.05, 0.1) is 0 Å². The van der Waals surface area contributed by atoms with E-state index in [-0.39, 0.29) is 17.8 Å². The molecule has 3 heterocycles. The van der Waals surface area contributed by atoms with Crippen molar-refractivity contribution in [3.63, 3.8) is 0 Å². The summed E-state index contributed by atoms with van der Waals surface area (Å²) in [4.78, 5) is 36.3. The van der Waals surface area contributed by atoms with E-state index in [9.17, 15) is 14.0 Å². The largest absolute Gasteiger partial charge is 0.381 e. The third-order valence-electron chi connectivity index (χ3n) is 5.95. The Labute approximate surface area is 177 Å². The van der Waals surface area contributed by atoms with Crippen molar-refractivity contribution >= 4 is 11.9 Å². The molecule has 2 fully saturated rings. The van der Waals surface area contributed by atoms with Crippen LogP contribution in [-0.2, 0) is 4.74 Å². The minimum absolute atomic E-state index is 0.0300. The van der Waals surface area contributed by atoms with Gasteiger partial charge in [0.2, 0.25) is 0 Å². The fraction of sp³-hybridized carbons (Fsp3) is 0.667. The van der Waals surface area contributed by atoms with Crippen LogP contribution in [0.5, 0.6) is 0 Å². The van der Waals surface area contributed by atoms with Crippen molar-refractivity contribution < 1.29 is 18.7 Å². The number of carbonyl (C=O) groups is 2. The minimum Gasteiger partial charge on any atom is -0.381 e. The molecule has 0 spiro atoms. The molecule has 0 bridgehead atoms. The highest BCUT2D eigenvalue weighted by Crippen LogP contribution is 2.24. The summed E-state index contributed by atoms with van der Waals surface area (Å²) < 4.78 is 19.5. The smallest absolute Gasteiger partial charge is 0.319 e. The van der Waals surface area contributed by atoms with Crippen LogP contribution in [0.25, 0.3) is 0 Å². The number of likely N-dealkylation sites (tertiary alicyclic amines) is 1. The zero-order valence-electron chi connectivity index (χ0n) is 18.1. The second kappa shape index (κ2) is 10.2. The zero-order chi connectivity index (χ0) is 21.7. The van der Waals surface area contributed by atoms with Gasteiger partial charge < -0.3 is 19.4 Å². The van der Waals surface area contributed by atoms with Crippen molar-refractivity contribution in [3.05, 3.63) is 29.8 Å². The quantitative estimate of drug-likeness (QED) is 0.697. The molecule has 2 aliphatic rings. The Morgan fingerprint density at radius 2 is 1.90 bits per heavy atom. The van der Waals surface area contributed by atoms with Crippen molar-refractivity contribution in [2.24, 2.45) is 0 Å². The monoisotopic (exact) mass is 421 g/mol. The number of hydrogen-bond acceptors (Lipinski definition) is 5. The number of aromatic nitrogens is 1. The van der Waals surface area contributed by atoms with Gasteiger partial charge in [0.25, 0.3) is 5.91 Å². The van der Waals surface area contributed by atoms with Gasteiger partial charge in [-0.25, -0.2) is 14.2 Å². The molecule has 1 atom stereocenters. The van der Waals surface area contributed by atoms with E-state index < -0.39 is 11.7 Å². The molecule has 9 heteroatoms. The van der Waals surface area contributed by atoms with Gasteiger partial charge in [-0.1, -0.05) is 0 Å². The maximum Gasteiger partial charge on any atom is 0.319 e. The average molecular weight is 422 g/mol. The molecule has 3 rings (SSSR count). The highest BCUT2D eigenvalue weighted by Gasteiger charge is 2.35. The molecule has 0 aromatic carbocycles. The van der Waals surface area contributed by atoms with E-state index in [1.165, 1.54) is 23.2 Å². The lowest BCUT2D eigenvalue weighted by molar-refractivity contribution is 0.0151. The van der Waals surface area contributed by atoms with E-state index >= 15 is 0 Å². The number of pyridine rings is 1. The molecule has 0 aliphatic carbocycles. The molecular weight excluding hydrogens is 389 g/mol. The average Bonchev–Trinajstić information content (AvgIpc) is 3.23. The van der Waals surface area contributed by atoms with Crippen molar-refractivity contribution in [3.8, 4) is 0 Å². The normalized spacial score (nSPS) is 19.9. The number of carbonyl (C=O) groups excluding carboxylic acids is 2. The number of hydrogen-bond donors (Lipinski definition) is 0. The van der Waals surface area contributed by atoms with Gasteiger partial charge >= 0.3 is 6.03 Å². The Morgan fingerprint density at radius 3 is 2.57 bits per heavy atom. The highest BCUT2D eigenvalue weighted by atomic mass is 19.1. The summed E-state index contributed by atoms with van der Waals surface area (Å²) in [6.07, 6.45) is 4.20. The summed E-state index contributed by atoms with van der Waals surface area (Å²) in [6.45, 7) is 3.99. The SMILES string of the molecule is CN(C)C(=O)N1CCC(N(CCN(C)C(=O)c2ncccc2F)C2CCOCC2)C1. The van der Waals surface area contributed by atoms with Crippen LogP contribution in [0.2, 0.25) is 0 Å². The minimum atomic E-state index is -0.607. The van der Waals surface area contributed by atoms with E-state index in [0.717, 1.165) is 39.0 Å². The molecule has 0 radical (unpaired) electrons. The molecule has 3 amide bonds. The molecule has 8 nitrogen and oxygen atoms in total. The number of nitrogens with zero attached hydrogens (tertiary/aromatic N) is 5. The Morgan fingerprint density at radius 1 is 1.17 bits per heavy atom. The van der Waals surface area contributed by atoms with Crippen LogP contribution < -0.4 is 0 Å². The Hall–Kier alpha value is -2.26. The zero-order valence-corrected chi connectivity index (χ0v) is 18.1. The first kappa shape index (κ1) is 22.4. The predicted octanol–water partition coefficient (Wildman–Crippen LogP) is 1.53. The van der Waals surface area contributed by atoms with Crippen LogP contribution in [0.3, 0.4) is 0 Å². The van der Waals surface area contributed by atoms with E-state index in [4.69, 9.17) is 4.74 Å². The number of amides is 3. The number of urea groups is 1. The maximum absolute atomic E-state index is 13.9. The molecule has 1 aromatic heterocycles. The molecule has 30 heavy (non-hydrogen) atoms. The first-order chi connectivity index (χ1) is 14.4. The second-order valence-electron chi connectivity index (χ2n) is 8.21. The highest BCUT2D eigenvalue weighted by molar-refractivity contribution is 5.92. The van der Waals surface area contributed by atoms with Crippen molar-refractivity contribution in [1.82, 2.24) is 24.6 Å². The van der Waals surface area contributed by atoms with Gasteiger partial charge in [-0.05, 0) is 31.4 Å². The third-order valence-corrected chi connectivity index (χ3v) is 5.95. The molecule has 2 saturated heterocycles. The van der Waals surface area contributed by atoms with E-state index in [0.29, 0.717) is 25.7 Å². The number of ether oxygens (including phenoxy) is 1. The van der Waals surface area contributed by atoms with Crippen molar-refractivity contribution in [2.45, 2.75) is 31.3 Å². The first-order valence-corrected chi connectivity index (χ1v) is 10.5. The molecule has 0 saturated carbocycles. The Balaban J connectivity index is 1.65. The van der Waals surface area contributed by atoms with Gasteiger partial charge in [-0.15, -0.1) is 0 Å². The van der Waals surface area contributed by atoms with Crippen LogP contribution in [0, 0.1) is 5.82 Å². The summed E-state index contributed by atoms with van der Waals surface area (Å²) >= 11 is 0. The number of rotatable bonds is 6. The summed E-state index contributed by atoms with van der Waals surface area (Å²) in [5.74, 6) is -1.03. The standard InChI is InChI=1S/C21H32FN5O3/c1-24(2)21(29)26-10-6-17(15-26)27(16-7-13-30-14-8-16)12-11-25(3)20(28)19-18(22)5-4-9-23-19/h4-5,9,16-17H,6-8,10-15H2,1-3H3. The van der Waals surface area contributed by atoms with Gasteiger partial charge in [0.1, 0.15) is 0 Å². The first-order valence-electron chi connectivity index (χ1n) is 10.5. The van der Waals surface area contributed by atoms with Crippen LogP contribution >= 0.6 is 0 Å². The van der Waals surface area contributed by atoms with Gasteiger partial charge in [-0.2, -0.15) is 0 Å². The topological polar surface area (TPSA) is 69.2 Å². The van der Waals surface area contributed by atoms with Crippen molar-refractivity contribution in [2.75, 3.05) is 60.5 Å². The molecule has 0 N–H and O–H groups in total. The Bertz CT molecular complexity index is 741. The van der Waals surface area contributed by atoms with Crippen LogP contribution in [0.15, 0.2) is 18.3 Å². The van der Waals surface area contributed by atoms with Crippen molar-refractivity contribution in [1.29, 1.82) is 0 Å². The second-order valence-corrected chi connectivity index (χ2v) is 8.21. The molecule has 2 aliphatic heterocycles. The summed E-state index contributed by atoms with van der Waals surface area (Å²) in [6, 6.07) is 3.35. The molecular formula is C21H32FN5O3.